The summed E-state index contributed by atoms with van der Waals surface area (Å²) in [6.07, 6.45) is 5.53. The van der Waals surface area contributed by atoms with Crippen LogP contribution in [0, 0.1) is 13.8 Å². The highest BCUT2D eigenvalue weighted by Crippen LogP contribution is 2.42. The van der Waals surface area contributed by atoms with Gasteiger partial charge in [-0.15, -0.1) is 0 Å². The third kappa shape index (κ3) is 4.03. The van der Waals surface area contributed by atoms with Crippen LogP contribution in [0.4, 0.5) is 0 Å². The number of thiocarbonyl (C=S) groups is 1. The Morgan fingerprint density at radius 3 is 2.53 bits per heavy atom. The number of hydrogen-bond acceptors (Lipinski definition) is 4. The van der Waals surface area contributed by atoms with Gasteiger partial charge < -0.3 is 19.5 Å². The molecular formula is C27H27N5OS. The average Bonchev–Trinajstić information content (AvgIpc) is 3.35. The first kappa shape index (κ1) is 22.1. The van der Waals surface area contributed by atoms with E-state index in [1.54, 1.807) is 13.3 Å². The third-order valence-electron chi connectivity index (χ3n) is 6.40. The van der Waals surface area contributed by atoms with E-state index in [4.69, 9.17) is 17.0 Å². The molecule has 4 aromatic rings. The maximum atomic E-state index is 5.86. The fourth-order valence-electron chi connectivity index (χ4n) is 4.81. The van der Waals surface area contributed by atoms with Crippen LogP contribution in [0.25, 0.3) is 5.69 Å². The summed E-state index contributed by atoms with van der Waals surface area (Å²) in [6.45, 7) is 4.98. The van der Waals surface area contributed by atoms with Crippen molar-refractivity contribution >= 4 is 17.3 Å². The summed E-state index contributed by atoms with van der Waals surface area (Å²) in [4.78, 5) is 11.3. The molecular weight excluding hydrogens is 442 g/mol. The summed E-state index contributed by atoms with van der Waals surface area (Å²) in [7, 11) is 1.68. The summed E-state index contributed by atoms with van der Waals surface area (Å²) in [5.41, 5.74) is 6.73. The summed E-state index contributed by atoms with van der Waals surface area (Å²) in [5.74, 6) is 0.841. The maximum absolute atomic E-state index is 5.86. The molecule has 6 nitrogen and oxygen atoms in total. The van der Waals surface area contributed by atoms with Crippen molar-refractivity contribution < 1.29 is 4.74 Å². The second-order valence-electron chi connectivity index (χ2n) is 8.48. The number of pyridine rings is 2. The lowest BCUT2D eigenvalue weighted by atomic mass is 9.96. The monoisotopic (exact) mass is 469 g/mol. The Hall–Kier alpha value is -3.71. The van der Waals surface area contributed by atoms with Crippen LogP contribution < -0.4 is 10.1 Å². The van der Waals surface area contributed by atoms with Gasteiger partial charge >= 0.3 is 0 Å². The van der Waals surface area contributed by atoms with Gasteiger partial charge in [-0.3, -0.25) is 9.97 Å². The molecule has 5 rings (SSSR count). The van der Waals surface area contributed by atoms with Gasteiger partial charge in [-0.2, -0.15) is 0 Å². The molecule has 1 saturated heterocycles. The SMILES string of the molecule is COc1ccc(CN2C(=S)N[C@@H](c3ccccn3)[C@@H]2c2cc(C)n(-c3cccnc3)c2C)cc1. The molecule has 0 saturated carbocycles. The van der Waals surface area contributed by atoms with Crippen molar-refractivity contribution in [1.29, 1.82) is 0 Å². The van der Waals surface area contributed by atoms with E-state index in [-0.39, 0.29) is 12.1 Å². The molecule has 0 radical (unpaired) electrons. The van der Waals surface area contributed by atoms with Crippen LogP contribution in [-0.4, -0.2) is 31.7 Å². The van der Waals surface area contributed by atoms with E-state index in [9.17, 15) is 0 Å². The van der Waals surface area contributed by atoms with Crippen molar-refractivity contribution in [1.82, 2.24) is 24.8 Å². The largest absolute Gasteiger partial charge is 0.497 e. The van der Waals surface area contributed by atoms with Gasteiger partial charge in [0.25, 0.3) is 0 Å². The summed E-state index contributed by atoms with van der Waals surface area (Å²) in [5, 5.41) is 4.28. The molecule has 1 aromatic carbocycles. The quantitative estimate of drug-likeness (QED) is 0.398. The number of benzene rings is 1. The van der Waals surface area contributed by atoms with Gasteiger partial charge in [0.2, 0.25) is 0 Å². The van der Waals surface area contributed by atoms with Gasteiger partial charge in [0, 0.05) is 30.3 Å². The number of methoxy groups -OCH3 is 1. The number of rotatable bonds is 6. The van der Waals surface area contributed by atoms with Crippen LogP contribution in [0.15, 0.2) is 79.3 Å². The normalized spacial score (nSPS) is 17.6. The molecule has 0 unspecified atom stereocenters. The molecule has 3 aromatic heterocycles. The Bertz CT molecular complexity index is 1290. The van der Waals surface area contributed by atoms with Crippen LogP contribution in [-0.2, 0) is 6.54 Å². The summed E-state index contributed by atoms with van der Waals surface area (Å²) in [6, 6.07) is 20.4. The first-order valence-corrected chi connectivity index (χ1v) is 11.7. The maximum Gasteiger partial charge on any atom is 0.170 e. The zero-order chi connectivity index (χ0) is 23.7. The highest BCUT2D eigenvalue weighted by atomic mass is 32.1. The topological polar surface area (TPSA) is 55.2 Å². The number of nitrogens with one attached hydrogen (secondary N) is 1. The van der Waals surface area contributed by atoms with Crippen molar-refractivity contribution in [2.45, 2.75) is 32.5 Å². The molecule has 34 heavy (non-hydrogen) atoms. The Morgan fingerprint density at radius 2 is 1.85 bits per heavy atom. The molecule has 1 N–H and O–H groups in total. The van der Waals surface area contributed by atoms with Crippen LogP contribution in [0.5, 0.6) is 5.75 Å². The van der Waals surface area contributed by atoms with E-state index < -0.39 is 0 Å². The first-order chi connectivity index (χ1) is 16.6. The molecule has 0 amide bonds. The molecule has 1 aliphatic rings. The van der Waals surface area contributed by atoms with Crippen LogP contribution >= 0.6 is 12.2 Å². The van der Waals surface area contributed by atoms with Crippen molar-refractivity contribution in [3.05, 3.63) is 107 Å². The number of aromatic nitrogens is 3. The average molecular weight is 470 g/mol. The molecule has 1 aliphatic heterocycles. The smallest absolute Gasteiger partial charge is 0.170 e. The minimum Gasteiger partial charge on any atom is -0.497 e. The van der Waals surface area contributed by atoms with Gasteiger partial charge in [-0.05, 0) is 79.7 Å². The van der Waals surface area contributed by atoms with Gasteiger partial charge in [-0.1, -0.05) is 18.2 Å². The molecule has 172 valence electrons. The standard InChI is InChI=1S/C27H27N5OS/c1-18-15-23(19(2)32(18)21-7-6-13-28-16-21)26-25(24-8-4-5-14-29-24)30-27(34)31(26)17-20-9-11-22(33-3)12-10-20/h4-16,25-26H,17H2,1-3H3,(H,30,34)/t25-,26-/m0/s1. The van der Waals surface area contributed by atoms with Crippen molar-refractivity contribution in [3.8, 4) is 11.4 Å². The van der Waals surface area contributed by atoms with Crippen molar-refractivity contribution in [2.24, 2.45) is 0 Å². The molecule has 4 heterocycles. The minimum atomic E-state index is -0.0604. The lowest BCUT2D eigenvalue weighted by Crippen LogP contribution is -2.29. The molecule has 7 heteroatoms. The van der Waals surface area contributed by atoms with Gasteiger partial charge in [-0.25, -0.2) is 0 Å². The predicted molar refractivity (Wildman–Crippen MR) is 137 cm³/mol. The van der Waals surface area contributed by atoms with E-state index in [2.05, 4.69) is 68.9 Å². The van der Waals surface area contributed by atoms with E-state index in [0.717, 1.165) is 33.5 Å². The Morgan fingerprint density at radius 1 is 1.03 bits per heavy atom. The second kappa shape index (κ2) is 9.27. The van der Waals surface area contributed by atoms with Gasteiger partial charge in [0.05, 0.1) is 36.8 Å². The van der Waals surface area contributed by atoms with Crippen LogP contribution in [0.2, 0.25) is 0 Å². The van der Waals surface area contributed by atoms with E-state index in [1.165, 1.54) is 11.3 Å². The van der Waals surface area contributed by atoms with E-state index in [1.807, 2.05) is 42.7 Å². The molecule has 2 atom stereocenters. The number of ether oxygens (including phenoxy) is 1. The van der Waals surface area contributed by atoms with Crippen LogP contribution in [0.3, 0.4) is 0 Å². The highest BCUT2D eigenvalue weighted by molar-refractivity contribution is 7.80. The fourth-order valence-corrected chi connectivity index (χ4v) is 5.12. The zero-order valence-corrected chi connectivity index (χ0v) is 20.3. The summed E-state index contributed by atoms with van der Waals surface area (Å²) < 4.78 is 7.59. The van der Waals surface area contributed by atoms with E-state index >= 15 is 0 Å². The minimum absolute atomic E-state index is 0.0128. The van der Waals surface area contributed by atoms with Crippen molar-refractivity contribution in [2.75, 3.05) is 7.11 Å². The summed E-state index contributed by atoms with van der Waals surface area (Å²) >= 11 is 5.86. The molecule has 1 fully saturated rings. The van der Waals surface area contributed by atoms with Crippen molar-refractivity contribution in [3.63, 3.8) is 0 Å². The Kier molecular flexibility index (Phi) is 6.02. The van der Waals surface area contributed by atoms with E-state index in [0.29, 0.717) is 6.54 Å². The van der Waals surface area contributed by atoms with Gasteiger partial charge in [0.15, 0.2) is 5.11 Å². The zero-order valence-electron chi connectivity index (χ0n) is 19.5. The second-order valence-corrected chi connectivity index (χ2v) is 8.86. The van der Waals surface area contributed by atoms with Crippen LogP contribution in [0.1, 0.15) is 40.3 Å². The first-order valence-electron chi connectivity index (χ1n) is 11.3. The number of aryl methyl sites for hydroxylation is 1. The third-order valence-corrected chi connectivity index (χ3v) is 6.76. The molecule has 0 bridgehead atoms. The number of hydrogen-bond donors (Lipinski definition) is 1. The Labute approximate surface area is 205 Å². The molecule has 0 spiro atoms. The Balaban J connectivity index is 1.59. The highest BCUT2D eigenvalue weighted by Gasteiger charge is 2.41. The molecule has 0 aliphatic carbocycles. The number of nitrogens with zero attached hydrogens (tertiary/aromatic N) is 4. The lowest BCUT2D eigenvalue weighted by Gasteiger charge is -2.28. The fraction of sp³-hybridized carbons (Fsp3) is 0.222. The predicted octanol–water partition coefficient (Wildman–Crippen LogP) is 5.07. The van der Waals surface area contributed by atoms with Gasteiger partial charge in [0.1, 0.15) is 5.75 Å². The lowest BCUT2D eigenvalue weighted by molar-refractivity contribution is 0.310.